The number of carbonyl (C=O) groups is 1. The molecule has 1 amide bonds. The number of rotatable bonds is 1. The lowest BCUT2D eigenvalue weighted by atomic mass is 10.2. The van der Waals surface area contributed by atoms with E-state index in [2.05, 4.69) is 0 Å². The van der Waals surface area contributed by atoms with E-state index in [1.807, 2.05) is 51.5 Å². The Morgan fingerprint density at radius 1 is 1.08 bits per heavy atom. The molecule has 0 aliphatic carbocycles. The van der Waals surface area contributed by atoms with Crippen LogP contribution in [0.5, 0.6) is 0 Å². The van der Waals surface area contributed by atoms with E-state index in [1.165, 1.54) is 0 Å². The van der Waals surface area contributed by atoms with Gasteiger partial charge in [-0.3, -0.25) is 4.48 Å². The summed E-state index contributed by atoms with van der Waals surface area (Å²) in [5.74, 6) is 0.135. The molecule has 72 valence electrons. The third-order valence-electron chi connectivity index (χ3n) is 1.63. The lowest BCUT2D eigenvalue weighted by Crippen LogP contribution is -3.00. The third-order valence-corrected chi connectivity index (χ3v) is 1.63. The van der Waals surface area contributed by atoms with Crippen LogP contribution in [0, 0.1) is 0 Å². The fourth-order valence-corrected chi connectivity index (χ4v) is 0.968. The smallest absolute Gasteiger partial charge is 0.345 e. The fraction of sp³-hybridized carbons (Fsp3) is 0.300. The Labute approximate surface area is 96.2 Å². The fourth-order valence-electron chi connectivity index (χ4n) is 0.968. The highest BCUT2D eigenvalue weighted by Crippen LogP contribution is 2.05. The van der Waals surface area contributed by atoms with Gasteiger partial charge < -0.3 is 24.0 Å². The molecule has 1 aromatic rings. The van der Waals surface area contributed by atoms with Crippen molar-refractivity contribution in [1.82, 2.24) is 0 Å². The van der Waals surface area contributed by atoms with E-state index in [-0.39, 0.29) is 29.9 Å². The van der Waals surface area contributed by atoms with E-state index < -0.39 is 0 Å². The molecule has 0 fully saturated rings. The largest absolute Gasteiger partial charge is 1.00 e. The highest BCUT2D eigenvalue weighted by atomic mass is 127. The molecule has 0 aliphatic heterocycles. The molecule has 0 saturated heterocycles. The monoisotopic (exact) mass is 291 g/mol. The number of nitrogens with zero attached hydrogens (tertiary/aromatic N) is 1. The molecule has 0 atom stereocenters. The quantitative estimate of drug-likeness (QED) is 0.456. The van der Waals surface area contributed by atoms with Crippen molar-refractivity contribution >= 4 is 5.91 Å². The SMILES string of the molecule is C[N+](C)(C)C(=O)c1ccccc1.[I-]. The molecule has 1 rings (SSSR count). The predicted molar refractivity (Wildman–Crippen MR) is 48.8 cm³/mol. The van der Waals surface area contributed by atoms with Gasteiger partial charge in [-0.25, -0.2) is 4.79 Å². The number of benzene rings is 1. The summed E-state index contributed by atoms with van der Waals surface area (Å²) in [6, 6.07) is 9.34. The minimum absolute atomic E-state index is 0. The predicted octanol–water partition coefficient (Wildman–Crippen LogP) is -1.46. The van der Waals surface area contributed by atoms with Gasteiger partial charge in [0.25, 0.3) is 0 Å². The Kier molecular flexibility index (Phi) is 4.56. The van der Waals surface area contributed by atoms with E-state index in [1.54, 1.807) is 0 Å². The third kappa shape index (κ3) is 3.44. The van der Waals surface area contributed by atoms with Crippen LogP contribution in [0.25, 0.3) is 0 Å². The van der Waals surface area contributed by atoms with Gasteiger partial charge in [-0.2, -0.15) is 0 Å². The summed E-state index contributed by atoms with van der Waals surface area (Å²) in [4.78, 5) is 11.6. The number of hydrogen-bond acceptors (Lipinski definition) is 1. The summed E-state index contributed by atoms with van der Waals surface area (Å²) in [6.07, 6.45) is 0. The van der Waals surface area contributed by atoms with Crippen molar-refractivity contribution in [3.8, 4) is 0 Å². The molecule has 0 aliphatic rings. The first-order valence-corrected chi connectivity index (χ1v) is 3.93. The average Bonchev–Trinajstić information content (AvgIpc) is 2.03. The van der Waals surface area contributed by atoms with Gasteiger partial charge in [0.2, 0.25) is 0 Å². The lowest BCUT2D eigenvalue weighted by molar-refractivity contribution is -0.785. The Balaban J connectivity index is 0.00000144. The Bertz CT molecular complexity index is 277. The van der Waals surface area contributed by atoms with Crippen molar-refractivity contribution in [1.29, 1.82) is 0 Å². The zero-order valence-corrected chi connectivity index (χ0v) is 10.3. The minimum atomic E-state index is 0. The summed E-state index contributed by atoms with van der Waals surface area (Å²) >= 11 is 0. The first-order valence-electron chi connectivity index (χ1n) is 3.93. The van der Waals surface area contributed by atoms with Crippen molar-refractivity contribution in [3.05, 3.63) is 35.9 Å². The van der Waals surface area contributed by atoms with Crippen molar-refractivity contribution in [2.75, 3.05) is 21.1 Å². The second-order valence-corrected chi connectivity index (χ2v) is 3.68. The second kappa shape index (κ2) is 4.72. The molecular formula is C10H14INO. The molecule has 13 heavy (non-hydrogen) atoms. The Hall–Kier alpha value is -0.420. The standard InChI is InChI=1S/C10H14NO.HI/c1-11(2,3)10(12)9-7-5-4-6-8-9;/h4-8H,1-3H3;1H/q+1;/p-1. The molecule has 0 N–H and O–H groups in total. The minimum Gasteiger partial charge on any atom is -1.00 e. The molecule has 1 aromatic carbocycles. The lowest BCUT2D eigenvalue weighted by Gasteiger charge is -2.20. The van der Waals surface area contributed by atoms with Crippen LogP contribution in [0.2, 0.25) is 0 Å². The highest BCUT2D eigenvalue weighted by molar-refractivity contribution is 5.88. The number of carbonyl (C=O) groups excluding carboxylic acids is 1. The molecular weight excluding hydrogens is 277 g/mol. The molecule has 0 aromatic heterocycles. The van der Waals surface area contributed by atoms with Gasteiger partial charge in [-0.15, -0.1) is 0 Å². The van der Waals surface area contributed by atoms with Crippen LogP contribution in [0.4, 0.5) is 0 Å². The normalized spacial score (nSPS) is 10.4. The van der Waals surface area contributed by atoms with Crippen LogP contribution in [-0.2, 0) is 0 Å². The van der Waals surface area contributed by atoms with Crippen LogP contribution in [-0.4, -0.2) is 31.5 Å². The van der Waals surface area contributed by atoms with E-state index in [0.29, 0.717) is 4.48 Å². The van der Waals surface area contributed by atoms with Gasteiger partial charge in [0.05, 0.1) is 26.7 Å². The van der Waals surface area contributed by atoms with E-state index in [9.17, 15) is 4.79 Å². The summed E-state index contributed by atoms with van der Waals surface area (Å²) in [7, 11) is 5.61. The molecule has 0 heterocycles. The van der Waals surface area contributed by atoms with Crippen LogP contribution in [0.15, 0.2) is 30.3 Å². The van der Waals surface area contributed by atoms with Crippen LogP contribution in [0.3, 0.4) is 0 Å². The van der Waals surface area contributed by atoms with Crippen LogP contribution < -0.4 is 24.0 Å². The Morgan fingerprint density at radius 2 is 1.54 bits per heavy atom. The molecule has 0 spiro atoms. The highest BCUT2D eigenvalue weighted by Gasteiger charge is 2.21. The molecule has 3 heteroatoms. The summed E-state index contributed by atoms with van der Waals surface area (Å²) in [5.41, 5.74) is 0.769. The number of halogens is 1. The summed E-state index contributed by atoms with van der Waals surface area (Å²) in [6.45, 7) is 0. The number of hydrogen-bond donors (Lipinski definition) is 0. The van der Waals surface area contributed by atoms with Gasteiger partial charge in [-0.05, 0) is 12.1 Å². The molecule has 0 saturated carbocycles. The van der Waals surface area contributed by atoms with Gasteiger partial charge in [0.1, 0.15) is 0 Å². The van der Waals surface area contributed by atoms with Crippen LogP contribution in [0.1, 0.15) is 10.4 Å². The van der Waals surface area contributed by atoms with Gasteiger partial charge in [0, 0.05) is 0 Å². The maximum Gasteiger partial charge on any atom is 0.345 e. The molecule has 0 bridgehead atoms. The van der Waals surface area contributed by atoms with E-state index >= 15 is 0 Å². The van der Waals surface area contributed by atoms with E-state index in [4.69, 9.17) is 0 Å². The van der Waals surface area contributed by atoms with Crippen molar-refractivity contribution < 1.29 is 33.3 Å². The summed E-state index contributed by atoms with van der Waals surface area (Å²) in [5, 5.41) is 0. The number of amides is 1. The zero-order valence-electron chi connectivity index (χ0n) is 8.12. The number of quaternary nitrogens is 1. The zero-order chi connectivity index (χ0) is 9.19. The van der Waals surface area contributed by atoms with Crippen molar-refractivity contribution in [2.45, 2.75) is 0 Å². The second-order valence-electron chi connectivity index (χ2n) is 3.68. The Morgan fingerprint density at radius 3 is 1.92 bits per heavy atom. The van der Waals surface area contributed by atoms with Crippen LogP contribution >= 0.6 is 0 Å². The van der Waals surface area contributed by atoms with Crippen molar-refractivity contribution in [3.63, 3.8) is 0 Å². The first kappa shape index (κ1) is 12.6. The van der Waals surface area contributed by atoms with Crippen molar-refractivity contribution in [2.24, 2.45) is 0 Å². The first-order chi connectivity index (χ1) is 5.52. The maximum absolute atomic E-state index is 11.6. The molecule has 0 radical (unpaired) electrons. The maximum atomic E-state index is 11.6. The van der Waals surface area contributed by atoms with Gasteiger partial charge in [0.15, 0.2) is 0 Å². The summed E-state index contributed by atoms with van der Waals surface area (Å²) < 4.78 is 0.337. The average molecular weight is 291 g/mol. The molecule has 2 nitrogen and oxygen atoms in total. The topological polar surface area (TPSA) is 17.1 Å². The molecule has 0 unspecified atom stereocenters. The van der Waals surface area contributed by atoms with E-state index in [0.717, 1.165) is 5.56 Å². The van der Waals surface area contributed by atoms with Gasteiger partial charge in [-0.1, -0.05) is 18.2 Å². The van der Waals surface area contributed by atoms with Gasteiger partial charge >= 0.3 is 5.91 Å².